The van der Waals surface area contributed by atoms with Crippen LogP contribution >= 0.6 is 0 Å². The van der Waals surface area contributed by atoms with Crippen LogP contribution in [0.1, 0.15) is 5.76 Å². The van der Waals surface area contributed by atoms with Gasteiger partial charge in [0, 0.05) is 13.1 Å². The van der Waals surface area contributed by atoms with Gasteiger partial charge in [-0.15, -0.1) is 0 Å². The van der Waals surface area contributed by atoms with E-state index in [1.807, 2.05) is 18.7 Å². The molecule has 1 fully saturated rings. The summed E-state index contributed by atoms with van der Waals surface area (Å²) in [6.07, 6.45) is 1.69. The SMILES string of the molecule is [CH](c1ccco1)N1CCOCC1. The van der Waals surface area contributed by atoms with Gasteiger partial charge in [-0.25, -0.2) is 0 Å². The highest BCUT2D eigenvalue weighted by Gasteiger charge is 2.11. The summed E-state index contributed by atoms with van der Waals surface area (Å²) in [5.74, 6) is 0.914. The molecule has 3 nitrogen and oxygen atoms in total. The van der Waals surface area contributed by atoms with Crippen molar-refractivity contribution in [2.45, 2.75) is 0 Å². The van der Waals surface area contributed by atoms with Gasteiger partial charge in [-0.1, -0.05) is 0 Å². The van der Waals surface area contributed by atoms with Crippen molar-refractivity contribution in [1.29, 1.82) is 0 Å². The van der Waals surface area contributed by atoms with Gasteiger partial charge in [0.15, 0.2) is 0 Å². The Hall–Kier alpha value is -0.800. The molecule has 0 spiro atoms. The van der Waals surface area contributed by atoms with Crippen molar-refractivity contribution in [1.82, 2.24) is 4.90 Å². The molecule has 12 heavy (non-hydrogen) atoms. The van der Waals surface area contributed by atoms with Gasteiger partial charge in [-0.05, 0) is 12.1 Å². The third-order valence-electron chi connectivity index (χ3n) is 1.90. The van der Waals surface area contributed by atoms with Gasteiger partial charge in [-0.2, -0.15) is 0 Å². The van der Waals surface area contributed by atoms with Crippen molar-refractivity contribution in [3.05, 3.63) is 30.7 Å². The molecule has 0 amide bonds. The highest BCUT2D eigenvalue weighted by molar-refractivity contribution is 5.08. The molecular formula is C9H12NO2. The van der Waals surface area contributed by atoms with Crippen LogP contribution in [0.4, 0.5) is 0 Å². The number of nitrogens with zero attached hydrogens (tertiary/aromatic N) is 1. The molecular weight excluding hydrogens is 154 g/mol. The van der Waals surface area contributed by atoms with Gasteiger partial charge in [0.2, 0.25) is 0 Å². The lowest BCUT2D eigenvalue weighted by Crippen LogP contribution is -2.34. The maximum Gasteiger partial charge on any atom is 0.122 e. The van der Waals surface area contributed by atoms with Crippen molar-refractivity contribution in [3.8, 4) is 0 Å². The second-order valence-corrected chi connectivity index (χ2v) is 2.79. The lowest BCUT2D eigenvalue weighted by atomic mass is 10.3. The minimum Gasteiger partial charge on any atom is -0.468 e. The number of hydrogen-bond acceptors (Lipinski definition) is 3. The Balaban J connectivity index is 1.86. The standard InChI is InChI=1S/C9H12NO2/c1-2-9(12-5-1)8-10-3-6-11-7-4-10/h1-2,5,8H,3-4,6-7H2. The van der Waals surface area contributed by atoms with Crippen LogP contribution in [0.3, 0.4) is 0 Å². The Morgan fingerprint density at radius 2 is 2.17 bits per heavy atom. The summed E-state index contributed by atoms with van der Waals surface area (Å²) in [7, 11) is 0. The van der Waals surface area contributed by atoms with E-state index in [0.717, 1.165) is 32.1 Å². The van der Waals surface area contributed by atoms with Crippen LogP contribution in [0.5, 0.6) is 0 Å². The number of hydrogen-bond donors (Lipinski definition) is 0. The van der Waals surface area contributed by atoms with E-state index in [1.165, 1.54) is 0 Å². The van der Waals surface area contributed by atoms with Gasteiger partial charge in [0.1, 0.15) is 5.76 Å². The molecule has 0 N–H and O–H groups in total. The molecule has 1 aromatic rings. The Bertz CT molecular complexity index is 214. The zero-order chi connectivity index (χ0) is 8.23. The molecule has 1 aliphatic heterocycles. The van der Waals surface area contributed by atoms with E-state index in [2.05, 4.69) is 4.90 Å². The summed E-state index contributed by atoms with van der Waals surface area (Å²) in [5, 5.41) is 0. The van der Waals surface area contributed by atoms with Gasteiger partial charge >= 0.3 is 0 Å². The van der Waals surface area contributed by atoms with E-state index < -0.39 is 0 Å². The average Bonchev–Trinajstić information content (AvgIpc) is 2.59. The van der Waals surface area contributed by atoms with Crippen LogP contribution in [-0.4, -0.2) is 31.2 Å². The maximum atomic E-state index is 5.23. The largest absolute Gasteiger partial charge is 0.468 e. The first kappa shape index (κ1) is 7.83. The number of rotatable bonds is 2. The molecule has 1 aromatic heterocycles. The van der Waals surface area contributed by atoms with Crippen molar-refractivity contribution >= 4 is 0 Å². The molecule has 1 aliphatic rings. The average molecular weight is 166 g/mol. The summed E-state index contributed by atoms with van der Waals surface area (Å²) in [5.41, 5.74) is 0. The Kier molecular flexibility index (Phi) is 2.44. The van der Waals surface area contributed by atoms with E-state index in [-0.39, 0.29) is 0 Å². The van der Waals surface area contributed by atoms with Gasteiger partial charge in [0.05, 0.1) is 26.0 Å². The molecule has 0 bridgehead atoms. The fourth-order valence-corrected chi connectivity index (χ4v) is 1.25. The van der Waals surface area contributed by atoms with Gasteiger partial charge in [-0.3, -0.25) is 4.90 Å². The second kappa shape index (κ2) is 3.74. The first-order valence-corrected chi connectivity index (χ1v) is 4.15. The fourth-order valence-electron chi connectivity index (χ4n) is 1.25. The topological polar surface area (TPSA) is 25.6 Å². The van der Waals surface area contributed by atoms with Crippen molar-refractivity contribution in [2.24, 2.45) is 0 Å². The van der Waals surface area contributed by atoms with E-state index >= 15 is 0 Å². The molecule has 1 radical (unpaired) electrons. The normalized spacial score (nSPS) is 19.7. The van der Waals surface area contributed by atoms with Crippen molar-refractivity contribution < 1.29 is 9.15 Å². The van der Waals surface area contributed by atoms with E-state index in [9.17, 15) is 0 Å². The first-order chi connectivity index (χ1) is 5.95. The lowest BCUT2D eigenvalue weighted by molar-refractivity contribution is 0.0519. The number of ether oxygens (including phenoxy) is 1. The summed E-state index contributed by atoms with van der Waals surface area (Å²) in [4.78, 5) is 2.21. The smallest absolute Gasteiger partial charge is 0.122 e. The van der Waals surface area contributed by atoms with E-state index in [4.69, 9.17) is 9.15 Å². The number of morpholine rings is 1. The van der Waals surface area contributed by atoms with Crippen LogP contribution < -0.4 is 0 Å². The zero-order valence-corrected chi connectivity index (χ0v) is 6.90. The molecule has 65 valence electrons. The molecule has 2 heterocycles. The quantitative estimate of drug-likeness (QED) is 0.658. The van der Waals surface area contributed by atoms with Crippen molar-refractivity contribution in [3.63, 3.8) is 0 Å². The van der Waals surface area contributed by atoms with E-state index in [1.54, 1.807) is 6.26 Å². The Morgan fingerprint density at radius 1 is 1.33 bits per heavy atom. The number of furan rings is 1. The molecule has 0 aliphatic carbocycles. The fraction of sp³-hybridized carbons (Fsp3) is 0.444. The van der Waals surface area contributed by atoms with Crippen LogP contribution in [-0.2, 0) is 4.74 Å². The highest BCUT2D eigenvalue weighted by atomic mass is 16.5. The molecule has 0 atom stereocenters. The predicted octanol–water partition coefficient (Wildman–Crippen LogP) is 1.12. The highest BCUT2D eigenvalue weighted by Crippen LogP contribution is 2.08. The summed E-state index contributed by atoms with van der Waals surface area (Å²) < 4.78 is 10.4. The lowest BCUT2D eigenvalue weighted by Gasteiger charge is -2.24. The molecule has 0 saturated carbocycles. The first-order valence-electron chi connectivity index (χ1n) is 4.15. The van der Waals surface area contributed by atoms with Crippen molar-refractivity contribution in [2.75, 3.05) is 26.3 Å². The molecule has 2 rings (SSSR count). The minimum atomic E-state index is 0.817. The molecule has 1 saturated heterocycles. The third kappa shape index (κ3) is 1.87. The second-order valence-electron chi connectivity index (χ2n) is 2.79. The van der Waals surface area contributed by atoms with Crippen LogP contribution in [0.2, 0.25) is 0 Å². The van der Waals surface area contributed by atoms with Gasteiger partial charge in [0.25, 0.3) is 0 Å². The minimum absolute atomic E-state index is 0.817. The summed E-state index contributed by atoms with van der Waals surface area (Å²) in [6.45, 7) is 5.58. The predicted molar refractivity (Wildman–Crippen MR) is 44.5 cm³/mol. The maximum absolute atomic E-state index is 5.23. The Morgan fingerprint density at radius 3 is 2.83 bits per heavy atom. The molecule has 3 heteroatoms. The molecule has 0 unspecified atom stereocenters. The summed E-state index contributed by atoms with van der Waals surface area (Å²) >= 11 is 0. The van der Waals surface area contributed by atoms with Crippen LogP contribution in [0, 0.1) is 6.54 Å². The van der Waals surface area contributed by atoms with E-state index in [0.29, 0.717) is 0 Å². The summed E-state index contributed by atoms with van der Waals surface area (Å²) in [6, 6.07) is 3.85. The Labute approximate surface area is 71.9 Å². The van der Waals surface area contributed by atoms with Crippen LogP contribution in [0.15, 0.2) is 22.8 Å². The van der Waals surface area contributed by atoms with Crippen LogP contribution in [0.25, 0.3) is 0 Å². The third-order valence-corrected chi connectivity index (χ3v) is 1.90. The zero-order valence-electron chi connectivity index (χ0n) is 6.90. The monoisotopic (exact) mass is 166 g/mol. The van der Waals surface area contributed by atoms with Gasteiger partial charge < -0.3 is 9.15 Å². The molecule has 0 aromatic carbocycles.